The highest BCUT2D eigenvalue weighted by molar-refractivity contribution is 6.32. The van der Waals surface area contributed by atoms with E-state index in [-0.39, 0.29) is 32.1 Å². The molecule has 2 saturated heterocycles. The quantitative estimate of drug-likeness (QED) is 0.166. The van der Waals surface area contributed by atoms with Gasteiger partial charge in [-0.2, -0.15) is 26.3 Å². The Morgan fingerprint density at radius 3 is 1.57 bits per heavy atom. The summed E-state index contributed by atoms with van der Waals surface area (Å²) in [7, 11) is 0. The van der Waals surface area contributed by atoms with Crippen LogP contribution in [0, 0.1) is 11.3 Å². The van der Waals surface area contributed by atoms with Crippen LogP contribution in [0.25, 0.3) is 22.3 Å². The second-order valence-corrected chi connectivity index (χ2v) is 18.7. The van der Waals surface area contributed by atoms with Crippen molar-refractivity contribution in [2.24, 2.45) is 11.3 Å². The predicted octanol–water partition coefficient (Wildman–Crippen LogP) is 13.7. The van der Waals surface area contributed by atoms with Gasteiger partial charge in [-0.1, -0.05) is 127 Å². The fourth-order valence-corrected chi connectivity index (χ4v) is 10.0. The maximum absolute atomic E-state index is 13.2. The van der Waals surface area contributed by atoms with Gasteiger partial charge in [-0.3, -0.25) is 19.6 Å². The molecule has 2 aromatic heterocycles. The molecule has 3 atom stereocenters. The third-order valence-electron chi connectivity index (χ3n) is 13.2. The number of likely N-dealkylation sites (tertiary alicyclic amines) is 2. The molecule has 4 aliphatic rings. The van der Waals surface area contributed by atoms with E-state index in [1.807, 2.05) is 48.8 Å². The minimum absolute atomic E-state index is 0. The molecule has 2 saturated carbocycles. The van der Waals surface area contributed by atoms with Gasteiger partial charge in [0.25, 0.3) is 0 Å². The van der Waals surface area contributed by atoms with Crippen LogP contribution in [0.4, 0.5) is 26.3 Å². The monoisotopic (exact) mass is 1020 g/mol. The number of carboxylic acids is 2. The second-order valence-electron chi connectivity index (χ2n) is 17.9. The van der Waals surface area contributed by atoms with Crippen molar-refractivity contribution >= 4 is 47.0 Å². The second kappa shape index (κ2) is 26.3. The van der Waals surface area contributed by atoms with Crippen molar-refractivity contribution in [3.8, 4) is 22.3 Å². The van der Waals surface area contributed by atoms with Gasteiger partial charge < -0.3 is 20.0 Å². The van der Waals surface area contributed by atoms with Crippen LogP contribution in [-0.4, -0.2) is 91.3 Å². The number of rotatable bonds is 8. The summed E-state index contributed by atoms with van der Waals surface area (Å²) in [5.41, 5.74) is 6.03. The maximum atomic E-state index is 13.2. The zero-order valence-electron chi connectivity index (χ0n) is 37.8. The Bertz CT molecular complexity index is 2310. The number of benzene rings is 2. The minimum Gasteiger partial charge on any atom is -0.475 e. The highest BCUT2D eigenvalue weighted by Crippen LogP contribution is 2.42. The fourth-order valence-electron chi connectivity index (χ4n) is 9.42. The number of carbonyl (C=O) groups is 4. The van der Waals surface area contributed by atoms with E-state index in [1.54, 1.807) is 12.4 Å². The van der Waals surface area contributed by atoms with Crippen LogP contribution in [-0.2, 0) is 25.6 Å². The zero-order valence-corrected chi connectivity index (χ0v) is 39.4. The van der Waals surface area contributed by atoms with E-state index in [0.29, 0.717) is 30.3 Å². The summed E-state index contributed by atoms with van der Waals surface area (Å²) in [6.07, 6.45) is 12.0. The molecular formula is C52H64Cl2F6N4O6. The first-order chi connectivity index (χ1) is 32.1. The third kappa shape index (κ3) is 15.9. The number of amides is 2. The number of alkyl halides is 6. The molecule has 4 fully saturated rings. The van der Waals surface area contributed by atoms with Crippen molar-refractivity contribution in [2.75, 3.05) is 13.1 Å². The number of nitrogens with zero attached hydrogens (tertiary/aromatic N) is 4. The van der Waals surface area contributed by atoms with Crippen molar-refractivity contribution in [2.45, 2.75) is 143 Å². The number of pyridine rings is 2. The summed E-state index contributed by atoms with van der Waals surface area (Å²) in [5, 5.41) is 15.7. The molecule has 0 bridgehead atoms. The molecule has 2 aromatic carbocycles. The van der Waals surface area contributed by atoms with Crippen molar-refractivity contribution in [3.63, 3.8) is 0 Å². The van der Waals surface area contributed by atoms with Gasteiger partial charge >= 0.3 is 24.3 Å². The molecule has 2 N–H and O–H groups in total. The molecule has 18 heteroatoms. The van der Waals surface area contributed by atoms with E-state index < -0.39 is 24.3 Å². The lowest BCUT2D eigenvalue weighted by Gasteiger charge is -2.33. The van der Waals surface area contributed by atoms with Gasteiger partial charge in [-0.05, 0) is 97.4 Å². The van der Waals surface area contributed by atoms with Crippen LogP contribution in [0.1, 0.15) is 123 Å². The standard InChI is InChI=1S/2C23H27ClN2O.2C2HF3O2.2CH4/c1-23(11-13-26(22(23)27)20-7-3-2-4-8-20)15-18-10-9-17(14-21(18)24)19-6-5-12-25-16-19;1-16(21-11-13-26(23(21)27)19-7-3-2-4-8-19)20-10-9-17(14-22(20)24)18-6-5-12-25-15-18;2*3-2(4,5)1(6)7;;/h5-6,9-10,12,14,16,20H,2-4,7-8,11,13,15H2,1H3;5-6,9-10,12,14-16,19,21H,2-4,7-8,11,13H2,1H3;2*(H,6,7);2*1H4. The van der Waals surface area contributed by atoms with Gasteiger partial charge in [-0.25, -0.2) is 9.59 Å². The summed E-state index contributed by atoms with van der Waals surface area (Å²) in [5.74, 6) is -4.67. The number of hydrogen-bond donors (Lipinski definition) is 2. The van der Waals surface area contributed by atoms with Crippen LogP contribution in [0.2, 0.25) is 10.0 Å². The lowest BCUT2D eigenvalue weighted by Crippen LogP contribution is -2.41. The molecule has 4 heterocycles. The minimum atomic E-state index is -5.08. The Morgan fingerprint density at radius 1 is 0.686 bits per heavy atom. The van der Waals surface area contributed by atoms with Crippen molar-refractivity contribution in [3.05, 3.63) is 107 Å². The fraction of sp³-hybridized carbons (Fsp3) is 0.500. The Balaban J connectivity index is 0.000000285. The van der Waals surface area contributed by atoms with E-state index in [2.05, 4.69) is 57.9 Å². The number of hydrogen-bond acceptors (Lipinski definition) is 6. The topological polar surface area (TPSA) is 141 Å². The van der Waals surface area contributed by atoms with Crippen molar-refractivity contribution in [1.82, 2.24) is 19.8 Å². The van der Waals surface area contributed by atoms with Gasteiger partial charge in [0.15, 0.2) is 0 Å². The summed E-state index contributed by atoms with van der Waals surface area (Å²) in [4.78, 5) is 56.8. The lowest BCUT2D eigenvalue weighted by molar-refractivity contribution is -0.193. The van der Waals surface area contributed by atoms with Crippen molar-refractivity contribution < 1.29 is 55.7 Å². The van der Waals surface area contributed by atoms with Crippen LogP contribution in [0.3, 0.4) is 0 Å². The van der Waals surface area contributed by atoms with E-state index in [0.717, 1.165) is 69.4 Å². The van der Waals surface area contributed by atoms with Gasteiger partial charge in [0.1, 0.15) is 0 Å². The molecule has 3 unspecified atom stereocenters. The van der Waals surface area contributed by atoms with E-state index >= 15 is 0 Å². The first kappa shape index (κ1) is 59.1. The Labute approximate surface area is 416 Å². The largest absolute Gasteiger partial charge is 0.490 e. The first-order valence-electron chi connectivity index (χ1n) is 22.7. The average molecular weight is 1030 g/mol. The zero-order chi connectivity index (χ0) is 49.8. The smallest absolute Gasteiger partial charge is 0.475 e. The molecular weight excluding hydrogens is 961 g/mol. The van der Waals surface area contributed by atoms with Crippen molar-refractivity contribution in [1.29, 1.82) is 0 Å². The summed E-state index contributed by atoms with van der Waals surface area (Å²) in [6, 6.07) is 21.2. The normalized spacial score (nSPS) is 20.0. The summed E-state index contributed by atoms with van der Waals surface area (Å²) >= 11 is 13.2. The highest BCUT2D eigenvalue weighted by Gasteiger charge is 2.45. The Hall–Kier alpha value is -5.22. The first-order valence-corrected chi connectivity index (χ1v) is 23.5. The van der Waals surface area contributed by atoms with Crippen LogP contribution < -0.4 is 0 Å². The number of halogens is 8. The molecule has 2 aliphatic heterocycles. The Morgan fingerprint density at radius 2 is 1.14 bits per heavy atom. The van der Waals surface area contributed by atoms with Crippen LogP contribution >= 0.6 is 23.2 Å². The predicted molar refractivity (Wildman–Crippen MR) is 260 cm³/mol. The summed E-state index contributed by atoms with van der Waals surface area (Å²) in [6.45, 7) is 6.07. The number of aromatic nitrogens is 2. The molecule has 2 aliphatic carbocycles. The van der Waals surface area contributed by atoms with E-state index in [4.69, 9.17) is 43.0 Å². The number of carbonyl (C=O) groups excluding carboxylic acids is 2. The molecule has 0 spiro atoms. The molecule has 2 amide bonds. The SMILES string of the molecule is C.C.CC(c1ccc(-c2cccnc2)cc1Cl)C1CCN(C2CCCCC2)C1=O.CC1(Cc2ccc(-c3cccnc3)cc2Cl)CCN(C2CCCCC2)C1=O.O=C(O)C(F)(F)F.O=C(O)C(F)(F)F. The van der Waals surface area contributed by atoms with Crippen LogP contribution in [0.5, 0.6) is 0 Å². The molecule has 384 valence electrons. The van der Waals surface area contributed by atoms with Gasteiger partial charge in [-0.15, -0.1) is 0 Å². The molecule has 4 aromatic rings. The third-order valence-corrected chi connectivity index (χ3v) is 13.9. The van der Waals surface area contributed by atoms with Gasteiger partial charge in [0.2, 0.25) is 11.8 Å². The van der Waals surface area contributed by atoms with Crippen LogP contribution in [0.15, 0.2) is 85.5 Å². The highest BCUT2D eigenvalue weighted by atomic mass is 35.5. The number of aliphatic carboxylic acids is 2. The number of carboxylic acid groups (broad SMARTS) is 2. The van der Waals surface area contributed by atoms with E-state index in [9.17, 15) is 35.9 Å². The molecule has 70 heavy (non-hydrogen) atoms. The summed E-state index contributed by atoms with van der Waals surface area (Å²) < 4.78 is 63.5. The molecule has 8 rings (SSSR count). The maximum Gasteiger partial charge on any atom is 0.490 e. The van der Waals surface area contributed by atoms with Gasteiger partial charge in [0, 0.05) is 77.1 Å². The average Bonchev–Trinajstić information content (AvgIpc) is 3.85. The Kier molecular flexibility index (Phi) is 22.2. The van der Waals surface area contributed by atoms with E-state index in [1.165, 1.54) is 64.2 Å². The molecule has 10 nitrogen and oxygen atoms in total. The lowest BCUT2D eigenvalue weighted by atomic mass is 9.81. The molecule has 0 radical (unpaired) electrons. The van der Waals surface area contributed by atoms with Gasteiger partial charge in [0.05, 0.1) is 5.41 Å².